The Balaban J connectivity index is 0.000000274. The number of hydrogen-bond donors (Lipinski definition) is 4. The average Bonchev–Trinajstić information content (AvgIpc) is 3.13. The molecule has 2 saturated heterocycles. The predicted octanol–water partition coefficient (Wildman–Crippen LogP) is 8.97. The van der Waals surface area contributed by atoms with E-state index in [4.69, 9.17) is 5.73 Å². The number of aliphatic imine (C=N–C) groups is 1. The number of likely N-dealkylation sites (tertiary alicyclic amines) is 1. The van der Waals surface area contributed by atoms with Crippen LogP contribution in [0, 0.1) is 6.92 Å². The minimum Gasteiger partial charge on any atom is -0.404 e. The minimum absolute atomic E-state index is 0.0277. The Hall–Kier alpha value is -3.88. The molecule has 3 heterocycles. The molecule has 14 heteroatoms. The van der Waals surface area contributed by atoms with Crippen LogP contribution in [0.5, 0.6) is 0 Å². The van der Waals surface area contributed by atoms with Gasteiger partial charge >= 0.3 is 12.4 Å². The molecule has 5 rings (SSSR count). The summed E-state index contributed by atoms with van der Waals surface area (Å²) >= 11 is 4.43. The molecule has 3 aromatic rings. The molecule has 0 amide bonds. The number of thiol groups is 1. The van der Waals surface area contributed by atoms with Crippen LogP contribution < -0.4 is 16.4 Å². The van der Waals surface area contributed by atoms with Crippen molar-refractivity contribution in [3.63, 3.8) is 0 Å². The second-order valence-electron chi connectivity index (χ2n) is 12.7. The number of rotatable bonds is 10. The highest BCUT2D eigenvalue weighted by molar-refractivity contribution is 7.80. The van der Waals surface area contributed by atoms with Gasteiger partial charge in [-0.25, -0.2) is 9.97 Å². The van der Waals surface area contributed by atoms with Crippen LogP contribution in [0.4, 0.5) is 32.3 Å². The van der Waals surface area contributed by atoms with E-state index in [1.165, 1.54) is 48.2 Å². The van der Waals surface area contributed by atoms with Gasteiger partial charge in [-0.2, -0.15) is 26.3 Å². The normalized spacial score (nSPS) is 16.4. The molecule has 0 bridgehead atoms. The van der Waals surface area contributed by atoms with Gasteiger partial charge in [0.25, 0.3) is 0 Å². The van der Waals surface area contributed by atoms with Crippen molar-refractivity contribution < 1.29 is 26.3 Å². The van der Waals surface area contributed by atoms with Gasteiger partial charge in [-0.1, -0.05) is 56.8 Å². The third-order valence-corrected chi connectivity index (χ3v) is 9.20. The van der Waals surface area contributed by atoms with Crippen molar-refractivity contribution in [1.29, 1.82) is 0 Å². The lowest BCUT2D eigenvalue weighted by Gasteiger charge is -2.32. The molecule has 2 fully saturated rings. The number of hydrogen-bond acceptors (Lipinski definition) is 8. The molecule has 1 aromatic heterocycles. The maximum atomic E-state index is 13.2. The maximum Gasteiger partial charge on any atom is 0.419 e. The Labute approximate surface area is 314 Å². The molecule has 7 nitrogen and oxygen atoms in total. The number of piperidine rings is 2. The number of halogens is 6. The first-order chi connectivity index (χ1) is 25.3. The van der Waals surface area contributed by atoms with Crippen LogP contribution in [-0.2, 0) is 12.6 Å². The molecule has 4 N–H and O–H groups in total. The van der Waals surface area contributed by atoms with Gasteiger partial charge in [-0.15, -0.1) is 12.6 Å². The summed E-state index contributed by atoms with van der Waals surface area (Å²) in [5.74, 6) is 0.646. The number of nitrogens with two attached hydrogens (primary N) is 1. The number of benzene rings is 2. The average molecular weight is 764 g/mol. The van der Waals surface area contributed by atoms with Gasteiger partial charge in [-0.05, 0) is 106 Å². The van der Waals surface area contributed by atoms with Crippen LogP contribution in [0.3, 0.4) is 0 Å². The van der Waals surface area contributed by atoms with E-state index >= 15 is 0 Å². The number of nitrogens with zero attached hydrogens (tertiary/aromatic N) is 4. The van der Waals surface area contributed by atoms with Gasteiger partial charge in [0, 0.05) is 41.7 Å². The highest BCUT2D eigenvalue weighted by Crippen LogP contribution is 2.34. The predicted molar refractivity (Wildman–Crippen MR) is 207 cm³/mol. The highest BCUT2D eigenvalue weighted by atomic mass is 32.1. The van der Waals surface area contributed by atoms with Crippen molar-refractivity contribution in [3.05, 3.63) is 95.0 Å². The first-order valence-electron chi connectivity index (χ1n) is 17.9. The monoisotopic (exact) mass is 763 g/mol. The van der Waals surface area contributed by atoms with Gasteiger partial charge in [0.05, 0.1) is 5.69 Å². The largest absolute Gasteiger partial charge is 0.419 e. The van der Waals surface area contributed by atoms with E-state index < -0.39 is 30.2 Å². The number of anilines is 1. The van der Waals surface area contributed by atoms with Gasteiger partial charge in [0.1, 0.15) is 12.1 Å². The zero-order chi connectivity index (χ0) is 39.0. The Bertz CT molecular complexity index is 1640. The molecule has 2 aliphatic heterocycles. The zero-order valence-corrected chi connectivity index (χ0v) is 31.5. The lowest BCUT2D eigenvalue weighted by Crippen LogP contribution is -2.35. The van der Waals surface area contributed by atoms with E-state index in [9.17, 15) is 26.3 Å². The lowest BCUT2D eigenvalue weighted by atomic mass is 9.87. The number of aryl methyl sites for hydroxylation is 1. The molecule has 0 atom stereocenters. The summed E-state index contributed by atoms with van der Waals surface area (Å²) in [6.07, 6.45) is -0.422. The second kappa shape index (κ2) is 21.1. The number of nitrogens with one attached hydrogen (secondary N) is 2. The van der Waals surface area contributed by atoms with Crippen molar-refractivity contribution in [1.82, 2.24) is 20.2 Å². The second-order valence-corrected chi connectivity index (χ2v) is 13.2. The Morgan fingerprint density at radius 2 is 1.75 bits per heavy atom. The molecular weight excluding hydrogens is 713 g/mol. The Morgan fingerprint density at radius 1 is 1.06 bits per heavy atom. The third-order valence-electron chi connectivity index (χ3n) is 8.92. The highest BCUT2D eigenvalue weighted by Gasteiger charge is 2.36. The summed E-state index contributed by atoms with van der Waals surface area (Å²) in [4.78, 5) is 14.3. The minimum atomic E-state index is -4.81. The van der Waals surface area contributed by atoms with Crippen molar-refractivity contribution in [2.45, 2.75) is 82.1 Å². The van der Waals surface area contributed by atoms with Gasteiger partial charge in [0.2, 0.25) is 5.95 Å². The maximum absolute atomic E-state index is 13.2. The Kier molecular flexibility index (Phi) is 17.3. The molecule has 0 radical (unpaired) electrons. The smallest absolute Gasteiger partial charge is 0.404 e. The number of alkyl halides is 6. The first kappa shape index (κ1) is 43.5. The van der Waals surface area contributed by atoms with E-state index in [0.29, 0.717) is 18.3 Å². The summed E-state index contributed by atoms with van der Waals surface area (Å²) in [5.41, 5.74) is 8.56. The van der Waals surface area contributed by atoms with Crippen LogP contribution in [-0.4, -0.2) is 72.6 Å². The molecule has 0 spiro atoms. The summed E-state index contributed by atoms with van der Waals surface area (Å²) in [5, 5.41) is 6.08. The summed E-state index contributed by atoms with van der Waals surface area (Å²) in [6, 6.07) is 15.4. The fourth-order valence-corrected chi connectivity index (χ4v) is 6.38. The fraction of sp³-hybridized carbons (Fsp3) is 0.462. The lowest BCUT2D eigenvalue weighted by molar-refractivity contribution is -0.138. The standard InChI is InChI=1S/C22H27NS.C15H18F6N6.C2H6/c1-3-19-7-8-21(15-17(19)2)20-10-13-23(14-11-20)12-9-18-5-4-6-22(24)16-18;16-14(17,18)8-24-6-9(5-22)12-11(15(19,20)21)7-25-13(27-12)26-10-1-3-23-4-2-10;1-2/h3-8,15-16,20,24H,1,9-14H2,2H3;5-7,10,23H,1-4,8,22H2,(H,25,26,27);1-2H3/b;9-5+,24-6?;. The van der Waals surface area contributed by atoms with E-state index in [2.05, 4.69) is 93.0 Å². The van der Waals surface area contributed by atoms with Gasteiger partial charge in [0.15, 0.2) is 0 Å². The topological polar surface area (TPSA) is 91.5 Å². The SMILES string of the molecule is C=Cc1ccc(C2CCN(CCc3cccc(S)c3)CC2)cc1C.CC.N/C=C(\C=NCC(F)(F)F)c1nc(NC2CCNCC2)ncc1C(F)(F)F. The summed E-state index contributed by atoms with van der Waals surface area (Å²) in [7, 11) is 0. The van der Waals surface area contributed by atoms with E-state index in [0.717, 1.165) is 50.0 Å². The van der Waals surface area contributed by atoms with Crippen LogP contribution in [0.2, 0.25) is 0 Å². The molecule has 53 heavy (non-hydrogen) atoms. The van der Waals surface area contributed by atoms with E-state index in [1.807, 2.05) is 26.0 Å². The Morgan fingerprint density at radius 3 is 2.34 bits per heavy atom. The molecule has 2 aliphatic rings. The molecule has 2 aromatic carbocycles. The van der Waals surface area contributed by atoms with Crippen molar-refractivity contribution >= 4 is 36.4 Å². The molecule has 0 saturated carbocycles. The van der Waals surface area contributed by atoms with Crippen LogP contribution >= 0.6 is 12.6 Å². The molecule has 0 unspecified atom stereocenters. The summed E-state index contributed by atoms with van der Waals surface area (Å²) in [6.45, 7) is 13.6. The van der Waals surface area contributed by atoms with E-state index in [-0.39, 0.29) is 17.6 Å². The quantitative estimate of drug-likeness (QED) is 0.0937. The number of aromatic nitrogens is 2. The molecule has 0 aliphatic carbocycles. The molecule has 290 valence electrons. The van der Waals surface area contributed by atoms with E-state index in [1.54, 1.807) is 0 Å². The van der Waals surface area contributed by atoms with Crippen molar-refractivity contribution in [3.8, 4) is 0 Å². The number of allylic oxidation sites excluding steroid dienone is 1. The van der Waals surface area contributed by atoms with Crippen molar-refractivity contribution in [2.75, 3.05) is 44.6 Å². The van der Waals surface area contributed by atoms with Crippen LogP contribution in [0.1, 0.15) is 79.0 Å². The van der Waals surface area contributed by atoms with Gasteiger partial charge < -0.3 is 21.3 Å². The van der Waals surface area contributed by atoms with Crippen LogP contribution in [0.25, 0.3) is 11.6 Å². The van der Waals surface area contributed by atoms with Crippen molar-refractivity contribution in [2.24, 2.45) is 10.7 Å². The fourth-order valence-electron chi connectivity index (χ4n) is 6.13. The zero-order valence-electron chi connectivity index (χ0n) is 30.6. The van der Waals surface area contributed by atoms with Gasteiger partial charge in [-0.3, -0.25) is 4.99 Å². The third kappa shape index (κ3) is 14.5. The summed E-state index contributed by atoms with van der Waals surface area (Å²) < 4.78 is 76.4. The molecular formula is C39H51F6N7S. The first-order valence-corrected chi connectivity index (χ1v) is 18.3. The van der Waals surface area contributed by atoms with Crippen LogP contribution in [0.15, 0.2) is 71.3 Å².